The van der Waals surface area contributed by atoms with Crippen LogP contribution in [0.2, 0.25) is 0 Å². The number of rotatable bonds is 9. The zero-order chi connectivity index (χ0) is 26.9. The quantitative estimate of drug-likeness (QED) is 0.185. The fourth-order valence-electron chi connectivity index (χ4n) is 3.95. The second kappa shape index (κ2) is 12.4. The monoisotopic (exact) mass is 510 g/mol. The fraction of sp³-hybridized carbons (Fsp3) is 0.167. The van der Waals surface area contributed by atoms with E-state index in [0.717, 1.165) is 34.0 Å². The second-order valence-electron chi connectivity index (χ2n) is 8.54. The van der Waals surface area contributed by atoms with Gasteiger partial charge in [-0.05, 0) is 80.9 Å². The van der Waals surface area contributed by atoms with Crippen LogP contribution in [0.3, 0.4) is 0 Å². The Kier molecular flexibility index (Phi) is 8.56. The number of aryl methyl sites for hydroxylation is 1. The van der Waals surface area contributed by atoms with E-state index >= 15 is 0 Å². The van der Waals surface area contributed by atoms with Gasteiger partial charge in [-0.25, -0.2) is 5.43 Å². The molecule has 0 bridgehead atoms. The molecule has 0 saturated heterocycles. The van der Waals surface area contributed by atoms with Crippen molar-refractivity contribution >= 4 is 23.7 Å². The summed E-state index contributed by atoms with van der Waals surface area (Å²) < 4.78 is 13.3. The number of hydrazone groups is 1. The summed E-state index contributed by atoms with van der Waals surface area (Å²) in [7, 11) is 0. The van der Waals surface area contributed by atoms with Crippen molar-refractivity contribution in [3.8, 4) is 17.2 Å². The van der Waals surface area contributed by atoms with Crippen molar-refractivity contribution in [1.29, 1.82) is 0 Å². The van der Waals surface area contributed by atoms with Gasteiger partial charge in [0.25, 0.3) is 0 Å². The van der Waals surface area contributed by atoms with Crippen LogP contribution in [0.1, 0.15) is 29.4 Å². The van der Waals surface area contributed by atoms with Crippen LogP contribution >= 0.6 is 0 Å². The number of anilines is 1. The number of nitrogens with one attached hydrogen (secondary N) is 2. The van der Waals surface area contributed by atoms with E-state index in [1.165, 1.54) is 6.21 Å². The maximum Gasteiger partial charge on any atom is 0.329 e. The van der Waals surface area contributed by atoms with Crippen molar-refractivity contribution < 1.29 is 19.1 Å². The van der Waals surface area contributed by atoms with Gasteiger partial charge in [0.1, 0.15) is 18.1 Å². The van der Waals surface area contributed by atoms with Crippen LogP contribution in [0.25, 0.3) is 5.69 Å². The number of carbonyl (C=O) groups is 2. The highest BCUT2D eigenvalue weighted by Gasteiger charge is 2.14. The zero-order valence-corrected chi connectivity index (χ0v) is 21.6. The molecule has 0 unspecified atom stereocenters. The minimum atomic E-state index is -0.869. The van der Waals surface area contributed by atoms with Crippen LogP contribution < -0.4 is 20.2 Å². The Balaban J connectivity index is 1.30. The molecule has 194 valence electrons. The molecule has 1 aromatic heterocycles. The van der Waals surface area contributed by atoms with E-state index in [9.17, 15) is 9.59 Å². The maximum atomic E-state index is 12.3. The number of aromatic nitrogens is 1. The molecule has 0 spiro atoms. The van der Waals surface area contributed by atoms with Crippen molar-refractivity contribution in [3.63, 3.8) is 0 Å². The molecule has 3 aromatic carbocycles. The van der Waals surface area contributed by atoms with E-state index in [2.05, 4.69) is 20.4 Å². The van der Waals surface area contributed by atoms with Gasteiger partial charge in [0.2, 0.25) is 0 Å². The first-order valence-corrected chi connectivity index (χ1v) is 12.3. The number of ether oxygens (including phenoxy) is 2. The Labute approximate surface area is 221 Å². The Bertz CT molecular complexity index is 1410. The second-order valence-corrected chi connectivity index (χ2v) is 8.54. The minimum Gasteiger partial charge on any atom is -0.494 e. The van der Waals surface area contributed by atoms with Gasteiger partial charge in [0, 0.05) is 28.3 Å². The average molecular weight is 511 g/mol. The molecule has 4 rings (SSSR count). The van der Waals surface area contributed by atoms with E-state index in [-0.39, 0.29) is 0 Å². The summed E-state index contributed by atoms with van der Waals surface area (Å²) in [6.45, 7) is 6.96. The summed E-state index contributed by atoms with van der Waals surface area (Å²) in [6, 6.07) is 26.4. The summed E-state index contributed by atoms with van der Waals surface area (Å²) in [5, 5.41) is 6.54. The number of amides is 2. The lowest BCUT2D eigenvalue weighted by Crippen LogP contribution is -2.32. The third kappa shape index (κ3) is 6.67. The Morgan fingerprint density at radius 1 is 0.868 bits per heavy atom. The first kappa shape index (κ1) is 26.2. The molecule has 8 heteroatoms. The summed E-state index contributed by atoms with van der Waals surface area (Å²) in [5.41, 5.74) is 7.58. The van der Waals surface area contributed by atoms with Crippen molar-refractivity contribution in [1.82, 2.24) is 9.99 Å². The van der Waals surface area contributed by atoms with E-state index in [1.54, 1.807) is 24.3 Å². The lowest BCUT2D eigenvalue weighted by Gasteiger charge is -2.11. The molecule has 0 radical (unpaired) electrons. The zero-order valence-electron chi connectivity index (χ0n) is 21.6. The lowest BCUT2D eigenvalue weighted by molar-refractivity contribution is -0.136. The Morgan fingerprint density at radius 3 is 2.21 bits per heavy atom. The van der Waals surface area contributed by atoms with Crippen LogP contribution in [0, 0.1) is 13.8 Å². The van der Waals surface area contributed by atoms with Gasteiger partial charge < -0.3 is 19.4 Å². The molecule has 0 aliphatic heterocycles. The number of hydrogen-bond acceptors (Lipinski definition) is 5. The van der Waals surface area contributed by atoms with Gasteiger partial charge in [-0.15, -0.1) is 0 Å². The molecule has 0 atom stereocenters. The van der Waals surface area contributed by atoms with E-state index in [0.29, 0.717) is 24.7 Å². The standard InChI is InChI=1S/C30H30N4O4/c1-4-37-27-16-12-26(13-17-27)34-21(2)18-24(22(34)3)19-31-33-30(36)29(35)32-25-10-14-28(15-11-25)38-20-23-8-6-5-7-9-23/h5-19H,4,20H2,1-3H3,(H,32,35)(H,33,36)/b31-19-. The first-order valence-electron chi connectivity index (χ1n) is 12.3. The summed E-state index contributed by atoms with van der Waals surface area (Å²) in [4.78, 5) is 24.5. The van der Waals surface area contributed by atoms with Gasteiger partial charge in [-0.3, -0.25) is 9.59 Å². The molecule has 38 heavy (non-hydrogen) atoms. The number of hydrogen-bond donors (Lipinski definition) is 2. The van der Waals surface area contributed by atoms with Crippen molar-refractivity contribution in [2.45, 2.75) is 27.4 Å². The summed E-state index contributed by atoms with van der Waals surface area (Å²) >= 11 is 0. The SMILES string of the molecule is CCOc1ccc(-n2c(C)cc(/C=N\NC(=O)C(=O)Nc3ccc(OCc4ccccc4)cc3)c2C)cc1. The largest absolute Gasteiger partial charge is 0.494 e. The normalized spacial score (nSPS) is 10.8. The van der Waals surface area contributed by atoms with Crippen LogP contribution in [0.5, 0.6) is 11.5 Å². The molecule has 8 nitrogen and oxygen atoms in total. The molecular formula is C30H30N4O4. The van der Waals surface area contributed by atoms with Gasteiger partial charge in [-0.1, -0.05) is 30.3 Å². The highest BCUT2D eigenvalue weighted by Crippen LogP contribution is 2.22. The predicted molar refractivity (Wildman–Crippen MR) is 148 cm³/mol. The van der Waals surface area contributed by atoms with Crippen LogP contribution in [0.15, 0.2) is 90.0 Å². The van der Waals surface area contributed by atoms with Crippen LogP contribution in [-0.2, 0) is 16.2 Å². The summed E-state index contributed by atoms with van der Waals surface area (Å²) in [5.74, 6) is -0.219. The molecule has 2 amide bonds. The third-order valence-corrected chi connectivity index (χ3v) is 5.81. The maximum absolute atomic E-state index is 12.3. The molecular weight excluding hydrogens is 480 g/mol. The smallest absolute Gasteiger partial charge is 0.329 e. The van der Waals surface area contributed by atoms with Crippen LogP contribution in [0.4, 0.5) is 5.69 Å². The van der Waals surface area contributed by atoms with E-state index in [1.807, 2.05) is 81.4 Å². The molecule has 0 fully saturated rings. The van der Waals surface area contributed by atoms with Gasteiger partial charge in [0.15, 0.2) is 0 Å². The number of carbonyl (C=O) groups excluding carboxylic acids is 2. The predicted octanol–water partition coefficient (Wildman–Crippen LogP) is 5.16. The minimum absolute atomic E-state index is 0.440. The molecule has 1 heterocycles. The molecule has 0 saturated carbocycles. The highest BCUT2D eigenvalue weighted by molar-refractivity contribution is 6.39. The Hall–Kier alpha value is -4.85. The van der Waals surface area contributed by atoms with Crippen LogP contribution in [-0.4, -0.2) is 29.2 Å². The van der Waals surface area contributed by atoms with Crippen molar-refractivity contribution in [2.24, 2.45) is 5.10 Å². The third-order valence-electron chi connectivity index (χ3n) is 5.81. The van der Waals surface area contributed by atoms with Crippen molar-refractivity contribution in [3.05, 3.63) is 107 Å². The highest BCUT2D eigenvalue weighted by atomic mass is 16.5. The van der Waals surface area contributed by atoms with E-state index < -0.39 is 11.8 Å². The van der Waals surface area contributed by atoms with Gasteiger partial charge in [-0.2, -0.15) is 5.10 Å². The number of benzene rings is 3. The molecule has 0 aliphatic rings. The topological polar surface area (TPSA) is 94.0 Å². The van der Waals surface area contributed by atoms with Gasteiger partial charge >= 0.3 is 11.8 Å². The molecule has 2 N–H and O–H groups in total. The van der Waals surface area contributed by atoms with E-state index in [4.69, 9.17) is 9.47 Å². The first-order chi connectivity index (χ1) is 18.4. The lowest BCUT2D eigenvalue weighted by atomic mass is 10.2. The molecule has 0 aliphatic carbocycles. The number of nitrogens with zero attached hydrogens (tertiary/aromatic N) is 2. The summed E-state index contributed by atoms with van der Waals surface area (Å²) in [6.07, 6.45) is 1.53. The molecule has 4 aromatic rings. The van der Waals surface area contributed by atoms with Gasteiger partial charge in [0.05, 0.1) is 12.8 Å². The average Bonchev–Trinajstić information content (AvgIpc) is 3.22. The fourth-order valence-corrected chi connectivity index (χ4v) is 3.95. The van der Waals surface area contributed by atoms with Crippen molar-refractivity contribution in [2.75, 3.05) is 11.9 Å². The Morgan fingerprint density at radius 2 is 1.53 bits per heavy atom.